The van der Waals surface area contributed by atoms with Crippen molar-refractivity contribution >= 4 is 13.8 Å². The van der Waals surface area contributed by atoms with E-state index in [-0.39, 0.29) is 6.29 Å². The van der Waals surface area contributed by atoms with E-state index in [1.807, 2.05) is 6.21 Å². The minimum absolute atomic E-state index is 0.130. The van der Waals surface area contributed by atoms with Crippen molar-refractivity contribution in [2.45, 2.75) is 40.5 Å². The van der Waals surface area contributed by atoms with Gasteiger partial charge in [-0.1, -0.05) is 13.8 Å². The molecule has 0 aromatic rings. The molecule has 4 nitrogen and oxygen atoms in total. The van der Waals surface area contributed by atoms with Crippen LogP contribution in [-0.2, 0) is 13.6 Å². The summed E-state index contributed by atoms with van der Waals surface area (Å²) in [4.78, 5) is 4.18. The van der Waals surface area contributed by atoms with E-state index < -0.39 is 7.60 Å². The molecule has 0 amide bonds. The molecule has 96 valence electrons. The van der Waals surface area contributed by atoms with Crippen LogP contribution in [0.5, 0.6) is 0 Å². The molecule has 0 aliphatic heterocycles. The lowest BCUT2D eigenvalue weighted by Crippen LogP contribution is -2.02. The predicted molar refractivity (Wildman–Crippen MR) is 68.3 cm³/mol. The summed E-state index contributed by atoms with van der Waals surface area (Å²) in [5.41, 5.74) is 0. The third-order valence-electron chi connectivity index (χ3n) is 2.27. The maximum atomic E-state index is 12.0. The Morgan fingerprint density at radius 2 is 1.62 bits per heavy atom. The predicted octanol–water partition coefficient (Wildman–Crippen LogP) is 3.72. The zero-order valence-electron chi connectivity index (χ0n) is 10.8. The van der Waals surface area contributed by atoms with Crippen molar-refractivity contribution in [3.8, 4) is 0 Å². The van der Waals surface area contributed by atoms with Crippen molar-refractivity contribution < 1.29 is 13.6 Å². The van der Waals surface area contributed by atoms with E-state index in [9.17, 15) is 4.57 Å². The first-order valence-corrected chi connectivity index (χ1v) is 7.72. The van der Waals surface area contributed by atoms with Gasteiger partial charge >= 0.3 is 7.60 Å². The van der Waals surface area contributed by atoms with Crippen molar-refractivity contribution in [1.29, 1.82) is 0 Å². The third-order valence-corrected chi connectivity index (χ3v) is 4.08. The van der Waals surface area contributed by atoms with Gasteiger partial charge in [-0.25, -0.2) is 0 Å². The topological polar surface area (TPSA) is 47.9 Å². The highest BCUT2D eigenvalue weighted by Gasteiger charge is 2.22. The summed E-state index contributed by atoms with van der Waals surface area (Å²) in [6.07, 6.45) is 4.09. The lowest BCUT2D eigenvalue weighted by Gasteiger charge is -2.14. The third kappa shape index (κ3) is 6.41. The summed E-state index contributed by atoms with van der Waals surface area (Å²) in [7, 11) is -2.99. The fourth-order valence-electron chi connectivity index (χ4n) is 1.31. The van der Waals surface area contributed by atoms with Gasteiger partial charge in [0.1, 0.15) is 6.29 Å². The van der Waals surface area contributed by atoms with Crippen molar-refractivity contribution in [2.24, 2.45) is 10.9 Å². The Morgan fingerprint density at radius 1 is 1.12 bits per heavy atom. The number of hydrogen-bond donors (Lipinski definition) is 0. The van der Waals surface area contributed by atoms with Crippen LogP contribution < -0.4 is 0 Å². The zero-order chi connectivity index (χ0) is 12.4. The molecule has 0 unspecified atom stereocenters. The van der Waals surface area contributed by atoms with Crippen molar-refractivity contribution in [3.05, 3.63) is 0 Å². The molecular weight excluding hydrogens is 225 g/mol. The lowest BCUT2D eigenvalue weighted by atomic mass is 10.1. The molecule has 0 spiro atoms. The average molecular weight is 249 g/mol. The molecule has 5 heteroatoms. The lowest BCUT2D eigenvalue weighted by molar-refractivity contribution is 0.221. The molecule has 0 aliphatic rings. The van der Waals surface area contributed by atoms with E-state index in [2.05, 4.69) is 18.8 Å². The Hall–Kier alpha value is -0.180. The van der Waals surface area contributed by atoms with Crippen LogP contribution in [0, 0.1) is 5.92 Å². The molecule has 16 heavy (non-hydrogen) atoms. The Kier molecular flexibility index (Phi) is 8.81. The second-order valence-corrected chi connectivity index (χ2v) is 5.52. The molecule has 0 aromatic heterocycles. The van der Waals surface area contributed by atoms with Gasteiger partial charge in [0.05, 0.1) is 13.2 Å². The zero-order valence-corrected chi connectivity index (χ0v) is 11.7. The van der Waals surface area contributed by atoms with Crippen LogP contribution in [0.25, 0.3) is 0 Å². The SMILES string of the molecule is CCOP(=O)(C/N=C/C(CC)CC)OCC. The fourth-order valence-corrected chi connectivity index (χ4v) is 2.63. The largest absolute Gasteiger partial charge is 0.351 e. The average Bonchev–Trinajstić information content (AvgIpc) is 2.25. The minimum atomic E-state index is -2.99. The Morgan fingerprint density at radius 3 is 2.00 bits per heavy atom. The van der Waals surface area contributed by atoms with E-state index in [4.69, 9.17) is 9.05 Å². The van der Waals surface area contributed by atoms with E-state index >= 15 is 0 Å². The molecule has 0 saturated heterocycles. The van der Waals surface area contributed by atoms with Gasteiger partial charge in [0.2, 0.25) is 0 Å². The molecular formula is C11H24NO3P. The second-order valence-electron chi connectivity index (χ2n) is 3.50. The van der Waals surface area contributed by atoms with Gasteiger partial charge in [-0.05, 0) is 32.6 Å². The highest BCUT2D eigenvalue weighted by molar-refractivity contribution is 7.53. The van der Waals surface area contributed by atoms with Gasteiger partial charge in [-0.15, -0.1) is 0 Å². The summed E-state index contributed by atoms with van der Waals surface area (Å²) < 4.78 is 22.3. The van der Waals surface area contributed by atoms with Crippen LogP contribution in [0.4, 0.5) is 0 Å². The Bertz CT molecular complexity index is 229. The van der Waals surface area contributed by atoms with Crippen LogP contribution in [0.1, 0.15) is 40.5 Å². The summed E-state index contributed by atoms with van der Waals surface area (Å²) in [5.74, 6) is 0.455. The number of aliphatic imine (C=N–C) groups is 1. The van der Waals surface area contributed by atoms with Crippen LogP contribution >= 0.6 is 7.60 Å². The summed E-state index contributed by atoms with van der Waals surface area (Å²) in [6.45, 7) is 8.61. The fraction of sp³-hybridized carbons (Fsp3) is 0.909. The first-order chi connectivity index (χ1) is 7.61. The van der Waals surface area contributed by atoms with Crippen LogP contribution in [0.15, 0.2) is 4.99 Å². The van der Waals surface area contributed by atoms with Crippen LogP contribution in [0.2, 0.25) is 0 Å². The van der Waals surface area contributed by atoms with Gasteiger partial charge in [0.15, 0.2) is 0 Å². The van der Waals surface area contributed by atoms with Crippen LogP contribution in [0.3, 0.4) is 0 Å². The molecule has 0 radical (unpaired) electrons. The van der Waals surface area contributed by atoms with Crippen molar-refractivity contribution in [2.75, 3.05) is 19.5 Å². The monoisotopic (exact) mass is 249 g/mol. The van der Waals surface area contributed by atoms with Gasteiger partial charge in [0.25, 0.3) is 0 Å². The Labute approximate surface area is 99.0 Å². The highest BCUT2D eigenvalue weighted by Crippen LogP contribution is 2.47. The maximum Gasteiger partial charge on any atom is 0.351 e. The van der Waals surface area contributed by atoms with Gasteiger partial charge in [0, 0.05) is 6.21 Å². The molecule has 0 bridgehead atoms. The molecule has 0 rings (SSSR count). The van der Waals surface area contributed by atoms with E-state index in [1.54, 1.807) is 13.8 Å². The van der Waals surface area contributed by atoms with E-state index in [0.717, 1.165) is 12.8 Å². The maximum absolute atomic E-state index is 12.0. The molecule has 0 atom stereocenters. The first kappa shape index (κ1) is 15.8. The number of hydrogen-bond acceptors (Lipinski definition) is 4. The van der Waals surface area contributed by atoms with E-state index in [1.165, 1.54) is 0 Å². The van der Waals surface area contributed by atoms with Crippen molar-refractivity contribution in [3.63, 3.8) is 0 Å². The van der Waals surface area contributed by atoms with E-state index in [0.29, 0.717) is 19.1 Å². The van der Waals surface area contributed by atoms with Crippen molar-refractivity contribution in [1.82, 2.24) is 0 Å². The second kappa shape index (κ2) is 8.91. The van der Waals surface area contributed by atoms with Gasteiger partial charge < -0.3 is 9.05 Å². The molecule has 0 N–H and O–H groups in total. The Balaban J connectivity index is 4.25. The minimum Gasteiger partial charge on any atom is -0.308 e. The molecule has 0 saturated carbocycles. The normalized spacial score (nSPS) is 12.8. The summed E-state index contributed by atoms with van der Waals surface area (Å²) >= 11 is 0. The summed E-state index contributed by atoms with van der Waals surface area (Å²) in [6, 6.07) is 0. The van der Waals surface area contributed by atoms with Crippen LogP contribution in [-0.4, -0.2) is 25.7 Å². The number of nitrogens with zero attached hydrogens (tertiary/aromatic N) is 1. The highest BCUT2D eigenvalue weighted by atomic mass is 31.2. The molecule has 0 aromatic carbocycles. The summed E-state index contributed by atoms with van der Waals surface area (Å²) in [5, 5.41) is 0. The van der Waals surface area contributed by atoms with Gasteiger partial charge in [-0.2, -0.15) is 0 Å². The quantitative estimate of drug-likeness (QED) is 0.462. The standard InChI is InChI=1S/C11H24NO3P/c1-5-11(6-2)9-12-10-16(13,14-7-3)15-8-4/h9,11H,5-8,10H2,1-4H3/b12-9+. The molecule has 0 heterocycles. The first-order valence-electron chi connectivity index (χ1n) is 5.99. The molecule has 0 fully saturated rings. The number of rotatable bonds is 9. The molecule has 0 aliphatic carbocycles. The van der Waals surface area contributed by atoms with Gasteiger partial charge in [-0.3, -0.25) is 9.56 Å². The smallest absolute Gasteiger partial charge is 0.308 e.